The fourth-order valence-corrected chi connectivity index (χ4v) is 2.13. The second-order valence-electron chi connectivity index (χ2n) is 4.89. The van der Waals surface area contributed by atoms with Crippen LogP contribution in [0.15, 0.2) is 61.2 Å². The molecule has 3 rings (SSSR count). The van der Waals surface area contributed by atoms with Crippen LogP contribution in [0, 0.1) is 0 Å². The number of amides is 1. The van der Waals surface area contributed by atoms with Crippen molar-refractivity contribution in [2.45, 2.75) is 13.3 Å². The standard InChI is InChI=1S/C17H16N4O/c1-2-13-3-7-15(8-4-13)20-17(22)14-5-9-16(10-6-14)21-12-18-11-19-21/h3-12H,2H2,1H3,(H,20,22). The molecule has 1 heterocycles. The van der Waals surface area contributed by atoms with Crippen molar-refractivity contribution in [2.75, 3.05) is 5.32 Å². The summed E-state index contributed by atoms with van der Waals surface area (Å²) >= 11 is 0. The van der Waals surface area contributed by atoms with Crippen LogP contribution in [-0.2, 0) is 6.42 Å². The zero-order valence-electron chi connectivity index (χ0n) is 12.2. The number of benzene rings is 2. The maximum absolute atomic E-state index is 12.2. The maximum atomic E-state index is 12.2. The molecule has 1 aromatic heterocycles. The van der Waals surface area contributed by atoms with Crippen molar-refractivity contribution < 1.29 is 4.79 Å². The van der Waals surface area contributed by atoms with Gasteiger partial charge in [0.1, 0.15) is 12.7 Å². The van der Waals surface area contributed by atoms with Crippen molar-refractivity contribution in [3.05, 3.63) is 72.3 Å². The first kappa shape index (κ1) is 14.0. The van der Waals surface area contributed by atoms with Crippen LogP contribution in [0.5, 0.6) is 0 Å². The van der Waals surface area contributed by atoms with E-state index in [1.807, 2.05) is 36.4 Å². The SMILES string of the molecule is CCc1ccc(NC(=O)c2ccc(-n3cncn3)cc2)cc1. The molecule has 0 aliphatic rings. The quantitative estimate of drug-likeness (QED) is 0.804. The van der Waals surface area contributed by atoms with Gasteiger partial charge >= 0.3 is 0 Å². The van der Waals surface area contributed by atoms with Crippen LogP contribution in [0.3, 0.4) is 0 Å². The van der Waals surface area contributed by atoms with Crippen LogP contribution < -0.4 is 5.32 Å². The highest BCUT2D eigenvalue weighted by atomic mass is 16.1. The molecule has 22 heavy (non-hydrogen) atoms. The molecule has 0 spiro atoms. The summed E-state index contributed by atoms with van der Waals surface area (Å²) in [5, 5.41) is 6.94. The van der Waals surface area contributed by atoms with Crippen LogP contribution in [0.4, 0.5) is 5.69 Å². The lowest BCUT2D eigenvalue weighted by Crippen LogP contribution is -2.12. The van der Waals surface area contributed by atoms with E-state index in [0.717, 1.165) is 17.8 Å². The van der Waals surface area contributed by atoms with Gasteiger partial charge in [-0.2, -0.15) is 5.10 Å². The van der Waals surface area contributed by atoms with Crippen LogP contribution in [0.25, 0.3) is 5.69 Å². The zero-order valence-corrected chi connectivity index (χ0v) is 12.2. The van der Waals surface area contributed by atoms with Gasteiger partial charge < -0.3 is 5.32 Å². The summed E-state index contributed by atoms with van der Waals surface area (Å²) in [4.78, 5) is 16.1. The molecule has 2 aromatic carbocycles. The molecule has 1 amide bonds. The van der Waals surface area contributed by atoms with Gasteiger partial charge in [-0.25, -0.2) is 9.67 Å². The van der Waals surface area contributed by atoms with Crippen molar-refractivity contribution >= 4 is 11.6 Å². The summed E-state index contributed by atoms with van der Waals surface area (Å²) in [6.45, 7) is 2.10. The molecular formula is C17H16N4O. The predicted molar refractivity (Wildman–Crippen MR) is 85.1 cm³/mol. The van der Waals surface area contributed by atoms with Gasteiger partial charge in [-0.05, 0) is 48.4 Å². The van der Waals surface area contributed by atoms with E-state index >= 15 is 0 Å². The van der Waals surface area contributed by atoms with Gasteiger partial charge in [0.05, 0.1) is 5.69 Å². The fraction of sp³-hybridized carbons (Fsp3) is 0.118. The van der Waals surface area contributed by atoms with Gasteiger partial charge in [0.2, 0.25) is 0 Å². The number of aryl methyl sites for hydroxylation is 1. The first-order chi connectivity index (χ1) is 10.8. The highest BCUT2D eigenvalue weighted by molar-refractivity contribution is 6.04. The maximum Gasteiger partial charge on any atom is 0.255 e. The molecular weight excluding hydrogens is 276 g/mol. The van der Waals surface area contributed by atoms with E-state index in [0.29, 0.717) is 5.56 Å². The average Bonchev–Trinajstić information content (AvgIpc) is 3.10. The van der Waals surface area contributed by atoms with E-state index in [1.165, 1.54) is 11.9 Å². The number of hydrogen-bond acceptors (Lipinski definition) is 3. The number of aromatic nitrogens is 3. The Hall–Kier alpha value is -2.95. The van der Waals surface area contributed by atoms with Crippen molar-refractivity contribution in [3.63, 3.8) is 0 Å². The van der Waals surface area contributed by atoms with E-state index < -0.39 is 0 Å². The van der Waals surface area contributed by atoms with Crippen LogP contribution in [0.1, 0.15) is 22.8 Å². The third-order valence-corrected chi connectivity index (χ3v) is 3.43. The summed E-state index contributed by atoms with van der Waals surface area (Å²) < 4.78 is 1.64. The van der Waals surface area contributed by atoms with Crippen LogP contribution >= 0.6 is 0 Å². The third kappa shape index (κ3) is 3.03. The molecule has 110 valence electrons. The van der Waals surface area contributed by atoms with E-state index in [4.69, 9.17) is 0 Å². The van der Waals surface area contributed by atoms with Gasteiger partial charge in [-0.3, -0.25) is 4.79 Å². The first-order valence-corrected chi connectivity index (χ1v) is 7.11. The molecule has 1 N–H and O–H groups in total. The summed E-state index contributed by atoms with van der Waals surface area (Å²) in [6.07, 6.45) is 4.07. The Bertz CT molecular complexity index is 746. The molecule has 3 aromatic rings. The minimum Gasteiger partial charge on any atom is -0.322 e. The molecule has 0 radical (unpaired) electrons. The highest BCUT2D eigenvalue weighted by Gasteiger charge is 2.06. The minimum atomic E-state index is -0.130. The Morgan fingerprint density at radius 1 is 1.09 bits per heavy atom. The van der Waals surface area contributed by atoms with E-state index in [1.54, 1.807) is 23.1 Å². The van der Waals surface area contributed by atoms with Crippen LogP contribution in [0.2, 0.25) is 0 Å². The average molecular weight is 292 g/mol. The lowest BCUT2D eigenvalue weighted by Gasteiger charge is -2.07. The highest BCUT2D eigenvalue weighted by Crippen LogP contribution is 2.13. The predicted octanol–water partition coefficient (Wildman–Crippen LogP) is 3.08. The van der Waals surface area contributed by atoms with Crippen molar-refractivity contribution in [1.82, 2.24) is 14.8 Å². The number of carbonyl (C=O) groups excluding carboxylic acids is 1. The second-order valence-corrected chi connectivity index (χ2v) is 4.89. The van der Waals surface area contributed by atoms with Crippen molar-refractivity contribution in [1.29, 1.82) is 0 Å². The van der Waals surface area contributed by atoms with Crippen LogP contribution in [-0.4, -0.2) is 20.7 Å². The Morgan fingerprint density at radius 2 is 1.82 bits per heavy atom. The molecule has 0 aliphatic carbocycles. The van der Waals surface area contributed by atoms with Crippen molar-refractivity contribution in [2.24, 2.45) is 0 Å². The number of anilines is 1. The summed E-state index contributed by atoms with van der Waals surface area (Å²) in [7, 11) is 0. The number of nitrogens with one attached hydrogen (secondary N) is 1. The number of carbonyl (C=O) groups is 1. The topological polar surface area (TPSA) is 59.8 Å². The summed E-state index contributed by atoms with van der Waals surface area (Å²) in [6, 6.07) is 15.1. The molecule has 5 nitrogen and oxygen atoms in total. The Labute approximate surface area is 128 Å². The normalized spacial score (nSPS) is 10.4. The van der Waals surface area contributed by atoms with Gasteiger partial charge in [0.25, 0.3) is 5.91 Å². The summed E-state index contributed by atoms with van der Waals surface area (Å²) in [5.74, 6) is -0.130. The zero-order chi connectivity index (χ0) is 15.4. The third-order valence-electron chi connectivity index (χ3n) is 3.43. The summed E-state index contributed by atoms with van der Waals surface area (Å²) in [5.41, 5.74) is 3.50. The first-order valence-electron chi connectivity index (χ1n) is 7.11. The largest absolute Gasteiger partial charge is 0.322 e. The molecule has 0 saturated carbocycles. The monoisotopic (exact) mass is 292 g/mol. The van der Waals surface area contributed by atoms with Gasteiger partial charge in [-0.15, -0.1) is 0 Å². The molecule has 0 bridgehead atoms. The smallest absolute Gasteiger partial charge is 0.255 e. The molecule has 0 saturated heterocycles. The molecule has 0 atom stereocenters. The number of hydrogen-bond donors (Lipinski definition) is 1. The Morgan fingerprint density at radius 3 is 2.41 bits per heavy atom. The van der Waals surface area contributed by atoms with Gasteiger partial charge in [0, 0.05) is 11.3 Å². The fourth-order valence-electron chi connectivity index (χ4n) is 2.13. The minimum absolute atomic E-state index is 0.130. The lowest BCUT2D eigenvalue weighted by molar-refractivity contribution is 0.102. The lowest BCUT2D eigenvalue weighted by atomic mass is 10.1. The molecule has 0 aliphatic heterocycles. The molecule has 5 heteroatoms. The Kier molecular flexibility index (Phi) is 3.96. The second kappa shape index (κ2) is 6.22. The number of rotatable bonds is 4. The molecule has 0 fully saturated rings. The Balaban J connectivity index is 1.71. The van der Waals surface area contributed by atoms with Gasteiger partial charge in [0.15, 0.2) is 0 Å². The van der Waals surface area contributed by atoms with E-state index in [2.05, 4.69) is 22.3 Å². The van der Waals surface area contributed by atoms with Crippen molar-refractivity contribution in [3.8, 4) is 5.69 Å². The van der Waals surface area contributed by atoms with E-state index in [-0.39, 0.29) is 5.91 Å². The van der Waals surface area contributed by atoms with Gasteiger partial charge in [-0.1, -0.05) is 19.1 Å². The molecule has 0 unspecified atom stereocenters. The van der Waals surface area contributed by atoms with E-state index in [9.17, 15) is 4.79 Å². The number of nitrogens with zero attached hydrogens (tertiary/aromatic N) is 3.